The van der Waals surface area contributed by atoms with Crippen LogP contribution in [0.3, 0.4) is 0 Å². The molecular weight excluding hydrogens is 208 g/mol. The van der Waals surface area contributed by atoms with Gasteiger partial charge in [0.1, 0.15) is 0 Å². The van der Waals surface area contributed by atoms with Crippen LogP contribution in [-0.4, -0.2) is 24.2 Å². The van der Waals surface area contributed by atoms with Crippen LogP contribution in [0.5, 0.6) is 0 Å². The molecule has 4 heteroatoms. The van der Waals surface area contributed by atoms with Gasteiger partial charge in [-0.2, -0.15) is 0 Å². The van der Waals surface area contributed by atoms with E-state index in [0.717, 1.165) is 25.4 Å². The Bertz CT molecular complexity index is 313. The molecule has 2 heterocycles. The zero-order chi connectivity index (χ0) is 10.7. The Morgan fingerprint density at radius 1 is 1.67 bits per heavy atom. The Morgan fingerprint density at radius 2 is 2.53 bits per heavy atom. The van der Waals surface area contributed by atoms with Gasteiger partial charge in [0.25, 0.3) is 0 Å². The van der Waals surface area contributed by atoms with E-state index in [1.54, 1.807) is 11.3 Å². The smallest absolute Gasteiger partial charge is 0.0798 e. The van der Waals surface area contributed by atoms with Crippen LogP contribution in [0.25, 0.3) is 0 Å². The summed E-state index contributed by atoms with van der Waals surface area (Å²) in [6.45, 7) is 7.15. The molecule has 2 rings (SSSR count). The summed E-state index contributed by atoms with van der Waals surface area (Å²) in [5.74, 6) is 0.679. The van der Waals surface area contributed by atoms with Crippen molar-refractivity contribution < 1.29 is 4.74 Å². The minimum absolute atomic E-state index is 0.417. The highest BCUT2D eigenvalue weighted by atomic mass is 32.1. The van der Waals surface area contributed by atoms with E-state index in [4.69, 9.17) is 4.74 Å². The minimum Gasteiger partial charge on any atom is -0.378 e. The summed E-state index contributed by atoms with van der Waals surface area (Å²) in [5.41, 5.74) is 3.07. The molecule has 1 N–H and O–H groups in total. The van der Waals surface area contributed by atoms with Gasteiger partial charge in [-0.3, -0.25) is 0 Å². The highest BCUT2D eigenvalue weighted by Crippen LogP contribution is 2.19. The highest BCUT2D eigenvalue weighted by molar-refractivity contribution is 7.09. The van der Waals surface area contributed by atoms with E-state index < -0.39 is 0 Å². The summed E-state index contributed by atoms with van der Waals surface area (Å²) < 4.78 is 5.53. The lowest BCUT2D eigenvalue weighted by molar-refractivity contribution is 0.105. The molecule has 1 saturated heterocycles. The summed E-state index contributed by atoms with van der Waals surface area (Å²) in [4.78, 5) is 5.58. The molecule has 84 valence electrons. The third-order valence-electron chi connectivity index (χ3n) is 3.07. The third kappa shape index (κ3) is 2.77. The van der Waals surface area contributed by atoms with E-state index in [1.807, 2.05) is 5.51 Å². The van der Waals surface area contributed by atoms with E-state index >= 15 is 0 Å². The molecule has 0 radical (unpaired) electrons. The second-order valence-corrected chi connectivity index (χ2v) is 5.06. The van der Waals surface area contributed by atoms with Crippen molar-refractivity contribution in [2.24, 2.45) is 5.92 Å². The van der Waals surface area contributed by atoms with Crippen molar-refractivity contribution in [3.05, 3.63) is 16.1 Å². The van der Waals surface area contributed by atoms with E-state index in [-0.39, 0.29) is 0 Å². The number of nitrogens with zero attached hydrogens (tertiary/aromatic N) is 1. The lowest BCUT2D eigenvalue weighted by Gasteiger charge is -2.14. The first-order chi connectivity index (χ1) is 7.27. The molecule has 2 atom stereocenters. The molecule has 1 aromatic rings. The number of thiazole rings is 1. The van der Waals surface area contributed by atoms with Crippen molar-refractivity contribution in [3.63, 3.8) is 0 Å². The Hall–Kier alpha value is -0.450. The third-order valence-corrected chi connectivity index (χ3v) is 4.01. The minimum atomic E-state index is 0.417. The number of rotatable bonds is 4. The van der Waals surface area contributed by atoms with Crippen molar-refractivity contribution >= 4 is 11.3 Å². The lowest BCUT2D eigenvalue weighted by Crippen LogP contribution is -2.26. The van der Waals surface area contributed by atoms with Crippen LogP contribution in [0, 0.1) is 12.8 Å². The number of nitrogens with one attached hydrogen (secondary N) is 1. The van der Waals surface area contributed by atoms with Gasteiger partial charge in [-0.1, -0.05) is 0 Å². The topological polar surface area (TPSA) is 34.2 Å². The number of hydrogen-bond acceptors (Lipinski definition) is 4. The fraction of sp³-hybridized carbons (Fsp3) is 0.727. The molecular formula is C11H18N2OS. The SMILES string of the molecule is Cc1ncsc1CNCC1CCOC1C. The van der Waals surface area contributed by atoms with E-state index in [0.29, 0.717) is 12.0 Å². The Labute approximate surface area is 94.9 Å². The van der Waals surface area contributed by atoms with Crippen LogP contribution in [0.15, 0.2) is 5.51 Å². The van der Waals surface area contributed by atoms with Gasteiger partial charge in [0, 0.05) is 24.6 Å². The van der Waals surface area contributed by atoms with E-state index in [9.17, 15) is 0 Å². The summed E-state index contributed by atoms with van der Waals surface area (Å²) in [7, 11) is 0. The molecule has 1 aliphatic heterocycles. The van der Waals surface area contributed by atoms with Crippen LogP contribution >= 0.6 is 11.3 Å². The average Bonchev–Trinajstić information content (AvgIpc) is 2.78. The second-order valence-electron chi connectivity index (χ2n) is 4.12. The van der Waals surface area contributed by atoms with Gasteiger partial charge in [-0.25, -0.2) is 4.98 Å². The van der Waals surface area contributed by atoms with Gasteiger partial charge in [-0.05, 0) is 26.2 Å². The van der Waals surface area contributed by atoms with Crippen LogP contribution in [0.2, 0.25) is 0 Å². The van der Waals surface area contributed by atoms with Gasteiger partial charge < -0.3 is 10.1 Å². The van der Waals surface area contributed by atoms with Crippen molar-refractivity contribution in [2.45, 2.75) is 32.9 Å². The summed E-state index contributed by atoms with van der Waals surface area (Å²) >= 11 is 1.73. The van der Waals surface area contributed by atoms with Gasteiger partial charge in [-0.15, -0.1) is 11.3 Å². The lowest BCUT2D eigenvalue weighted by atomic mass is 10.0. The fourth-order valence-electron chi connectivity index (χ4n) is 1.91. The molecule has 0 aliphatic carbocycles. The molecule has 0 spiro atoms. The summed E-state index contributed by atoms with van der Waals surface area (Å²) in [6.07, 6.45) is 1.61. The first-order valence-electron chi connectivity index (χ1n) is 5.48. The average molecular weight is 226 g/mol. The largest absolute Gasteiger partial charge is 0.378 e. The monoisotopic (exact) mass is 226 g/mol. The summed E-state index contributed by atoms with van der Waals surface area (Å²) in [6, 6.07) is 0. The predicted molar refractivity (Wildman–Crippen MR) is 62.1 cm³/mol. The van der Waals surface area contributed by atoms with E-state index in [1.165, 1.54) is 11.3 Å². The standard InChI is InChI=1S/C11H18N2OS/c1-8-11(15-7-13-8)6-12-5-10-3-4-14-9(10)2/h7,9-10,12H,3-6H2,1-2H3. The number of aryl methyl sites for hydroxylation is 1. The molecule has 1 aliphatic rings. The summed E-state index contributed by atoms with van der Waals surface area (Å²) in [5, 5.41) is 3.49. The molecule has 1 aromatic heterocycles. The Morgan fingerprint density at radius 3 is 3.13 bits per heavy atom. The Kier molecular flexibility index (Phi) is 3.72. The zero-order valence-electron chi connectivity index (χ0n) is 9.32. The van der Waals surface area contributed by atoms with E-state index in [2.05, 4.69) is 24.1 Å². The Balaban J connectivity index is 1.73. The van der Waals surface area contributed by atoms with Crippen molar-refractivity contribution in [3.8, 4) is 0 Å². The predicted octanol–water partition coefficient (Wildman–Crippen LogP) is 1.97. The fourth-order valence-corrected chi connectivity index (χ4v) is 2.66. The maximum Gasteiger partial charge on any atom is 0.0798 e. The number of ether oxygens (including phenoxy) is 1. The van der Waals surface area contributed by atoms with Crippen LogP contribution in [-0.2, 0) is 11.3 Å². The maximum absolute atomic E-state index is 5.53. The quantitative estimate of drug-likeness (QED) is 0.852. The van der Waals surface area contributed by atoms with Crippen molar-refractivity contribution in [1.82, 2.24) is 10.3 Å². The van der Waals surface area contributed by atoms with Crippen molar-refractivity contribution in [2.75, 3.05) is 13.2 Å². The molecule has 2 unspecified atom stereocenters. The van der Waals surface area contributed by atoms with Gasteiger partial charge in [0.15, 0.2) is 0 Å². The van der Waals surface area contributed by atoms with Gasteiger partial charge in [0.2, 0.25) is 0 Å². The zero-order valence-corrected chi connectivity index (χ0v) is 10.1. The van der Waals surface area contributed by atoms with Crippen LogP contribution in [0.1, 0.15) is 23.9 Å². The molecule has 0 aromatic carbocycles. The first-order valence-corrected chi connectivity index (χ1v) is 6.36. The second kappa shape index (κ2) is 5.05. The first kappa shape index (κ1) is 11.0. The normalized spacial score (nSPS) is 26.0. The molecule has 0 amide bonds. The maximum atomic E-state index is 5.53. The van der Waals surface area contributed by atoms with Crippen LogP contribution < -0.4 is 5.32 Å². The number of aromatic nitrogens is 1. The highest BCUT2D eigenvalue weighted by Gasteiger charge is 2.23. The molecule has 1 fully saturated rings. The van der Waals surface area contributed by atoms with Crippen LogP contribution in [0.4, 0.5) is 0 Å². The number of hydrogen-bond donors (Lipinski definition) is 1. The molecule has 3 nitrogen and oxygen atoms in total. The van der Waals surface area contributed by atoms with Crippen molar-refractivity contribution in [1.29, 1.82) is 0 Å². The molecule has 0 bridgehead atoms. The van der Waals surface area contributed by atoms with Gasteiger partial charge >= 0.3 is 0 Å². The van der Waals surface area contributed by atoms with Gasteiger partial charge in [0.05, 0.1) is 17.3 Å². The molecule has 0 saturated carbocycles. The molecule has 15 heavy (non-hydrogen) atoms.